The summed E-state index contributed by atoms with van der Waals surface area (Å²) in [7, 11) is 0. The standard InChI is InChI=1S/C30H38N6O6/c1-17(2)26(32)29(40)35-23(15-19-16-33-21-11-7-6-10-20(19)21)28(39)34-22(12-13-25(31)37)27(38)36-24(30(41)42)14-18-8-4-3-5-9-18/h3-11,16-17,22-24,26,33H,12-15,32H2,1-2H3,(H2,31,37)(H,34,39)(H,35,40)(H,36,38)(H,41,42). The third-order valence-electron chi connectivity index (χ3n) is 6.96. The Morgan fingerprint density at radius 1 is 0.810 bits per heavy atom. The van der Waals surface area contributed by atoms with E-state index >= 15 is 0 Å². The van der Waals surface area contributed by atoms with E-state index in [-0.39, 0.29) is 31.6 Å². The van der Waals surface area contributed by atoms with Crippen LogP contribution >= 0.6 is 0 Å². The van der Waals surface area contributed by atoms with Crippen LogP contribution in [0.4, 0.5) is 0 Å². The van der Waals surface area contributed by atoms with E-state index in [1.807, 2.05) is 24.3 Å². The molecule has 0 saturated carbocycles. The number of benzene rings is 2. The van der Waals surface area contributed by atoms with E-state index in [1.165, 1.54) is 0 Å². The summed E-state index contributed by atoms with van der Waals surface area (Å²) in [5, 5.41) is 18.3. The number of fused-ring (bicyclic) bond motifs is 1. The molecular formula is C30H38N6O6. The maximum atomic E-state index is 13.6. The van der Waals surface area contributed by atoms with Crippen molar-refractivity contribution in [3.8, 4) is 0 Å². The minimum absolute atomic E-state index is 0.00470. The number of primary amides is 1. The van der Waals surface area contributed by atoms with E-state index in [0.29, 0.717) is 5.56 Å². The summed E-state index contributed by atoms with van der Waals surface area (Å²) in [6, 6.07) is 11.6. The minimum Gasteiger partial charge on any atom is -0.480 e. The van der Waals surface area contributed by atoms with Gasteiger partial charge in [-0.15, -0.1) is 0 Å². The van der Waals surface area contributed by atoms with Gasteiger partial charge in [-0.3, -0.25) is 19.2 Å². The van der Waals surface area contributed by atoms with E-state index in [4.69, 9.17) is 11.5 Å². The van der Waals surface area contributed by atoms with Gasteiger partial charge in [0.15, 0.2) is 0 Å². The summed E-state index contributed by atoms with van der Waals surface area (Å²) < 4.78 is 0. The SMILES string of the molecule is CC(C)C(N)C(=O)NC(Cc1c[nH]c2ccccc12)C(=O)NC(CCC(N)=O)C(=O)NC(Cc1ccccc1)C(=O)O. The Morgan fingerprint density at radius 3 is 2.05 bits per heavy atom. The Kier molecular flexibility index (Phi) is 11.2. The highest BCUT2D eigenvalue weighted by Crippen LogP contribution is 2.19. The van der Waals surface area contributed by atoms with Gasteiger partial charge in [0.1, 0.15) is 18.1 Å². The lowest BCUT2D eigenvalue weighted by atomic mass is 10.0. The fourth-order valence-electron chi connectivity index (χ4n) is 4.45. The first-order valence-electron chi connectivity index (χ1n) is 13.7. The zero-order valence-corrected chi connectivity index (χ0v) is 23.6. The fraction of sp³-hybridized carbons (Fsp3) is 0.367. The quantitative estimate of drug-likeness (QED) is 0.137. The van der Waals surface area contributed by atoms with Gasteiger partial charge in [0, 0.05) is 36.4 Å². The number of carbonyl (C=O) groups is 5. The summed E-state index contributed by atoms with van der Waals surface area (Å²) in [4.78, 5) is 66.4. The molecule has 3 rings (SSSR count). The number of hydrogen-bond donors (Lipinski definition) is 7. The molecule has 0 fully saturated rings. The summed E-state index contributed by atoms with van der Waals surface area (Å²) in [6.07, 6.45) is 1.39. The number of aromatic nitrogens is 1. The smallest absolute Gasteiger partial charge is 0.326 e. The van der Waals surface area contributed by atoms with Gasteiger partial charge in [-0.1, -0.05) is 62.4 Å². The maximum absolute atomic E-state index is 13.6. The van der Waals surface area contributed by atoms with Crippen LogP contribution in [0, 0.1) is 5.92 Å². The molecule has 0 radical (unpaired) electrons. The molecule has 4 unspecified atom stereocenters. The Morgan fingerprint density at radius 2 is 1.40 bits per heavy atom. The molecule has 0 aliphatic heterocycles. The van der Waals surface area contributed by atoms with Crippen LogP contribution in [0.5, 0.6) is 0 Å². The Bertz CT molecular complexity index is 1410. The Labute approximate surface area is 243 Å². The molecule has 2 aromatic carbocycles. The molecular weight excluding hydrogens is 540 g/mol. The number of carbonyl (C=O) groups excluding carboxylic acids is 4. The zero-order chi connectivity index (χ0) is 30.8. The third kappa shape index (κ3) is 8.90. The van der Waals surface area contributed by atoms with Crippen LogP contribution < -0.4 is 27.4 Å². The molecule has 224 valence electrons. The lowest BCUT2D eigenvalue weighted by Gasteiger charge is -2.25. The first-order valence-corrected chi connectivity index (χ1v) is 13.7. The molecule has 0 bridgehead atoms. The van der Waals surface area contributed by atoms with E-state index < -0.39 is 53.8 Å². The van der Waals surface area contributed by atoms with Crippen molar-refractivity contribution in [3.05, 3.63) is 71.9 Å². The highest BCUT2D eigenvalue weighted by atomic mass is 16.4. The summed E-state index contributed by atoms with van der Waals surface area (Å²) in [5.41, 5.74) is 13.6. The number of aliphatic carboxylic acids is 1. The molecule has 4 atom stereocenters. The van der Waals surface area contributed by atoms with Crippen molar-refractivity contribution >= 4 is 40.5 Å². The highest BCUT2D eigenvalue weighted by molar-refractivity contribution is 5.95. The van der Waals surface area contributed by atoms with Crippen LogP contribution in [0.3, 0.4) is 0 Å². The van der Waals surface area contributed by atoms with Crippen molar-refractivity contribution in [2.75, 3.05) is 0 Å². The van der Waals surface area contributed by atoms with Crippen LogP contribution in [0.1, 0.15) is 37.8 Å². The molecule has 1 heterocycles. The van der Waals surface area contributed by atoms with Crippen LogP contribution in [0.15, 0.2) is 60.8 Å². The number of hydrogen-bond acceptors (Lipinski definition) is 6. The Balaban J connectivity index is 1.84. The number of para-hydroxylation sites is 1. The van der Waals surface area contributed by atoms with E-state index in [9.17, 15) is 29.1 Å². The van der Waals surface area contributed by atoms with Gasteiger partial charge in [-0.05, 0) is 29.5 Å². The highest BCUT2D eigenvalue weighted by Gasteiger charge is 2.31. The second-order valence-corrected chi connectivity index (χ2v) is 10.5. The molecule has 0 aliphatic rings. The molecule has 4 amide bonds. The molecule has 9 N–H and O–H groups in total. The molecule has 12 nitrogen and oxygen atoms in total. The van der Waals surface area contributed by atoms with Crippen LogP contribution in [-0.4, -0.2) is 63.9 Å². The largest absolute Gasteiger partial charge is 0.480 e. The molecule has 0 spiro atoms. The molecule has 1 aromatic heterocycles. The number of nitrogens with two attached hydrogens (primary N) is 2. The van der Waals surface area contributed by atoms with Crippen molar-refractivity contribution in [1.82, 2.24) is 20.9 Å². The van der Waals surface area contributed by atoms with Crippen molar-refractivity contribution < 1.29 is 29.1 Å². The predicted molar refractivity (Wildman–Crippen MR) is 157 cm³/mol. The number of carboxylic acid groups (broad SMARTS) is 1. The van der Waals surface area contributed by atoms with Crippen molar-refractivity contribution in [2.24, 2.45) is 17.4 Å². The number of rotatable bonds is 15. The van der Waals surface area contributed by atoms with E-state index in [0.717, 1.165) is 16.5 Å². The van der Waals surface area contributed by atoms with Crippen molar-refractivity contribution in [2.45, 2.75) is 63.7 Å². The molecule has 0 aliphatic carbocycles. The fourth-order valence-corrected chi connectivity index (χ4v) is 4.45. The van der Waals surface area contributed by atoms with Gasteiger partial charge in [-0.2, -0.15) is 0 Å². The van der Waals surface area contributed by atoms with E-state index in [1.54, 1.807) is 50.4 Å². The molecule has 42 heavy (non-hydrogen) atoms. The minimum atomic E-state index is -1.30. The number of carboxylic acids is 1. The first-order chi connectivity index (χ1) is 20.0. The molecule has 3 aromatic rings. The predicted octanol–water partition coefficient (Wildman–Crippen LogP) is 0.741. The monoisotopic (exact) mass is 578 g/mol. The lowest BCUT2D eigenvalue weighted by Crippen LogP contribution is -2.58. The van der Waals surface area contributed by atoms with Crippen LogP contribution in [0.2, 0.25) is 0 Å². The second kappa shape index (κ2) is 14.8. The van der Waals surface area contributed by atoms with Gasteiger partial charge in [0.25, 0.3) is 0 Å². The summed E-state index contributed by atoms with van der Waals surface area (Å²) in [6.45, 7) is 3.55. The number of aromatic amines is 1. The topological polar surface area (TPSA) is 209 Å². The van der Waals surface area contributed by atoms with Crippen LogP contribution in [-0.2, 0) is 36.8 Å². The van der Waals surface area contributed by atoms with Gasteiger partial charge < -0.3 is 37.5 Å². The zero-order valence-electron chi connectivity index (χ0n) is 23.6. The first kappa shape index (κ1) is 31.8. The Hall–Kier alpha value is -4.71. The third-order valence-corrected chi connectivity index (χ3v) is 6.96. The maximum Gasteiger partial charge on any atom is 0.326 e. The number of amides is 4. The van der Waals surface area contributed by atoms with Gasteiger partial charge in [0.2, 0.25) is 23.6 Å². The molecule has 0 saturated heterocycles. The number of H-pyrrole nitrogens is 1. The normalized spacial score (nSPS) is 14.0. The van der Waals surface area contributed by atoms with Crippen molar-refractivity contribution in [1.29, 1.82) is 0 Å². The van der Waals surface area contributed by atoms with Gasteiger partial charge in [0.05, 0.1) is 6.04 Å². The average molecular weight is 579 g/mol. The van der Waals surface area contributed by atoms with E-state index in [2.05, 4.69) is 20.9 Å². The van der Waals surface area contributed by atoms with Crippen molar-refractivity contribution in [3.63, 3.8) is 0 Å². The average Bonchev–Trinajstić information content (AvgIpc) is 3.36. The summed E-state index contributed by atoms with van der Waals surface area (Å²) in [5.74, 6) is -4.22. The van der Waals surface area contributed by atoms with Gasteiger partial charge in [-0.25, -0.2) is 4.79 Å². The van der Waals surface area contributed by atoms with Gasteiger partial charge >= 0.3 is 5.97 Å². The van der Waals surface area contributed by atoms with Crippen LogP contribution in [0.25, 0.3) is 10.9 Å². The second-order valence-electron chi connectivity index (χ2n) is 10.5. The molecule has 12 heteroatoms. The lowest BCUT2D eigenvalue weighted by molar-refractivity contribution is -0.142. The summed E-state index contributed by atoms with van der Waals surface area (Å²) >= 11 is 0. The number of nitrogens with one attached hydrogen (secondary N) is 4.